The van der Waals surface area contributed by atoms with Gasteiger partial charge in [-0.1, -0.05) is 18.2 Å². The fourth-order valence-corrected chi connectivity index (χ4v) is 5.44. The summed E-state index contributed by atoms with van der Waals surface area (Å²) in [5.74, 6) is -0.924. The molecule has 0 saturated carbocycles. The normalized spacial score (nSPS) is 12.7. The minimum atomic E-state index is -3.93. The predicted octanol–water partition coefficient (Wildman–Crippen LogP) is 3.12. The quantitative estimate of drug-likeness (QED) is 0.288. The number of sulfonamides is 1. The summed E-state index contributed by atoms with van der Waals surface area (Å²) in [7, 11) is -0.976. The molecule has 0 spiro atoms. The molecule has 2 rings (SSSR count). The molecule has 8 nitrogen and oxygen atoms in total. The Labute approximate surface area is 190 Å². The van der Waals surface area contributed by atoms with Crippen LogP contribution in [-0.4, -0.2) is 62.0 Å². The summed E-state index contributed by atoms with van der Waals surface area (Å²) in [6.07, 6.45) is 0.442. The molecule has 1 heterocycles. The van der Waals surface area contributed by atoms with Crippen molar-refractivity contribution >= 4 is 21.8 Å². The molecule has 32 heavy (non-hydrogen) atoms. The summed E-state index contributed by atoms with van der Waals surface area (Å²) in [6, 6.07) is 7.06. The predicted molar refractivity (Wildman–Crippen MR) is 121 cm³/mol. The molecule has 9 heteroatoms. The fourth-order valence-electron chi connectivity index (χ4n) is 3.78. The summed E-state index contributed by atoms with van der Waals surface area (Å²) in [5, 5.41) is 0. The van der Waals surface area contributed by atoms with E-state index < -0.39 is 22.0 Å². The van der Waals surface area contributed by atoms with Crippen LogP contribution in [0.4, 0.5) is 0 Å². The van der Waals surface area contributed by atoms with Gasteiger partial charge in [-0.25, -0.2) is 13.2 Å². The molecule has 176 valence electrons. The Bertz CT molecular complexity index is 1060. The van der Waals surface area contributed by atoms with E-state index in [1.165, 1.54) is 23.5 Å². The van der Waals surface area contributed by atoms with Gasteiger partial charge in [-0.2, -0.15) is 4.31 Å². The molecule has 0 aliphatic rings. The number of esters is 1. The molecule has 1 atom stereocenters. The molecule has 0 amide bonds. The van der Waals surface area contributed by atoms with Crippen molar-refractivity contribution in [3.8, 4) is 0 Å². The van der Waals surface area contributed by atoms with Gasteiger partial charge in [-0.3, -0.25) is 4.79 Å². The second-order valence-corrected chi connectivity index (χ2v) is 9.39. The SMILES string of the molecule is CCOCCCN([C@H](C)C(=O)c1c(C)c(C(=O)OC)n(C)c1C)S(=O)(=O)c1ccccc1. The van der Waals surface area contributed by atoms with Crippen LogP contribution in [0.3, 0.4) is 0 Å². The number of carbonyl (C=O) groups excluding carboxylic acids is 2. The highest BCUT2D eigenvalue weighted by Crippen LogP contribution is 2.27. The van der Waals surface area contributed by atoms with Crippen LogP contribution < -0.4 is 0 Å². The summed E-state index contributed by atoms with van der Waals surface area (Å²) in [4.78, 5) is 25.9. The summed E-state index contributed by atoms with van der Waals surface area (Å²) in [5.41, 5.74) is 1.65. The Morgan fingerprint density at radius 1 is 1.16 bits per heavy atom. The van der Waals surface area contributed by atoms with Gasteiger partial charge in [0.2, 0.25) is 10.0 Å². The van der Waals surface area contributed by atoms with Gasteiger partial charge in [0, 0.05) is 38.1 Å². The van der Waals surface area contributed by atoms with E-state index in [9.17, 15) is 18.0 Å². The molecular formula is C23H32N2O6S. The Hall–Kier alpha value is -2.49. The molecule has 2 aromatic rings. The molecule has 1 aromatic heterocycles. The van der Waals surface area contributed by atoms with Crippen molar-refractivity contribution in [3.05, 3.63) is 52.8 Å². The molecule has 0 saturated heterocycles. The first kappa shape index (κ1) is 25.8. The van der Waals surface area contributed by atoms with Crippen molar-refractivity contribution in [2.24, 2.45) is 7.05 Å². The third-order valence-corrected chi connectivity index (χ3v) is 7.57. The van der Waals surface area contributed by atoms with Crippen molar-refractivity contribution in [1.29, 1.82) is 0 Å². The van der Waals surface area contributed by atoms with Crippen LogP contribution in [0, 0.1) is 13.8 Å². The first-order valence-corrected chi connectivity index (χ1v) is 12.0. The van der Waals surface area contributed by atoms with Gasteiger partial charge in [-0.15, -0.1) is 0 Å². The molecule has 0 aliphatic heterocycles. The van der Waals surface area contributed by atoms with E-state index in [1.54, 1.807) is 50.6 Å². The number of hydrogen-bond acceptors (Lipinski definition) is 6. The number of methoxy groups -OCH3 is 1. The summed E-state index contributed by atoms with van der Waals surface area (Å²) < 4.78 is 39.9. The zero-order valence-corrected chi connectivity index (χ0v) is 20.4. The van der Waals surface area contributed by atoms with E-state index >= 15 is 0 Å². The van der Waals surface area contributed by atoms with Gasteiger partial charge in [0.05, 0.1) is 18.0 Å². The zero-order valence-electron chi connectivity index (χ0n) is 19.5. The number of ketones is 1. The lowest BCUT2D eigenvalue weighted by Gasteiger charge is -2.28. The molecule has 0 aliphatic carbocycles. The van der Waals surface area contributed by atoms with Gasteiger partial charge < -0.3 is 14.0 Å². The van der Waals surface area contributed by atoms with E-state index in [4.69, 9.17) is 9.47 Å². The van der Waals surface area contributed by atoms with E-state index in [0.29, 0.717) is 36.5 Å². The van der Waals surface area contributed by atoms with Crippen LogP contribution in [0.15, 0.2) is 35.2 Å². The summed E-state index contributed by atoms with van der Waals surface area (Å²) >= 11 is 0. The van der Waals surface area contributed by atoms with Gasteiger partial charge >= 0.3 is 5.97 Å². The summed E-state index contributed by atoms with van der Waals surface area (Å²) in [6.45, 7) is 7.87. The van der Waals surface area contributed by atoms with Crippen LogP contribution >= 0.6 is 0 Å². The van der Waals surface area contributed by atoms with Crippen LogP contribution in [0.5, 0.6) is 0 Å². The Morgan fingerprint density at radius 2 is 1.78 bits per heavy atom. The maximum absolute atomic E-state index is 13.6. The number of benzene rings is 1. The number of Topliss-reactive ketones (excluding diaryl/α,β-unsaturated/α-hetero) is 1. The van der Waals surface area contributed by atoms with Gasteiger partial charge in [-0.05, 0) is 51.8 Å². The zero-order chi connectivity index (χ0) is 24.1. The highest BCUT2D eigenvalue weighted by Gasteiger charge is 2.36. The first-order valence-electron chi connectivity index (χ1n) is 10.5. The Kier molecular flexibility index (Phi) is 8.77. The molecule has 0 unspecified atom stereocenters. The second-order valence-electron chi connectivity index (χ2n) is 7.50. The maximum atomic E-state index is 13.6. The monoisotopic (exact) mass is 464 g/mol. The first-order chi connectivity index (χ1) is 15.1. The van der Waals surface area contributed by atoms with Gasteiger partial charge in [0.25, 0.3) is 0 Å². The van der Waals surface area contributed by atoms with E-state index in [2.05, 4.69) is 0 Å². The number of nitrogens with zero attached hydrogens (tertiary/aromatic N) is 2. The maximum Gasteiger partial charge on any atom is 0.354 e. The van der Waals surface area contributed by atoms with E-state index in [1.807, 2.05) is 6.92 Å². The Morgan fingerprint density at radius 3 is 2.34 bits per heavy atom. The lowest BCUT2D eigenvalue weighted by Crippen LogP contribution is -2.44. The largest absolute Gasteiger partial charge is 0.464 e. The molecular weight excluding hydrogens is 432 g/mol. The number of rotatable bonds is 11. The lowest BCUT2D eigenvalue weighted by atomic mass is 10.0. The van der Waals surface area contributed by atoms with Crippen LogP contribution in [0.2, 0.25) is 0 Å². The third kappa shape index (κ3) is 5.11. The minimum absolute atomic E-state index is 0.118. The van der Waals surface area contributed by atoms with Crippen molar-refractivity contribution < 1.29 is 27.5 Å². The van der Waals surface area contributed by atoms with Crippen molar-refractivity contribution in [2.75, 3.05) is 26.9 Å². The van der Waals surface area contributed by atoms with Crippen molar-refractivity contribution in [1.82, 2.24) is 8.87 Å². The number of aromatic nitrogens is 1. The van der Waals surface area contributed by atoms with Crippen LogP contribution in [0.1, 0.15) is 52.4 Å². The smallest absolute Gasteiger partial charge is 0.354 e. The second kappa shape index (κ2) is 10.9. The molecule has 0 N–H and O–H groups in total. The molecule has 0 radical (unpaired) electrons. The average Bonchev–Trinajstić information content (AvgIpc) is 3.00. The Balaban J connectivity index is 2.49. The topological polar surface area (TPSA) is 94.9 Å². The van der Waals surface area contributed by atoms with Crippen molar-refractivity contribution in [2.45, 2.75) is 45.1 Å². The molecule has 0 fully saturated rings. The van der Waals surface area contributed by atoms with E-state index in [0.717, 1.165) is 0 Å². The van der Waals surface area contributed by atoms with Gasteiger partial charge in [0.1, 0.15) is 5.69 Å². The van der Waals surface area contributed by atoms with E-state index in [-0.39, 0.29) is 22.9 Å². The van der Waals surface area contributed by atoms with Crippen LogP contribution in [-0.2, 0) is 26.5 Å². The average molecular weight is 465 g/mol. The van der Waals surface area contributed by atoms with Crippen molar-refractivity contribution in [3.63, 3.8) is 0 Å². The highest BCUT2D eigenvalue weighted by molar-refractivity contribution is 7.89. The van der Waals surface area contributed by atoms with Crippen LogP contribution in [0.25, 0.3) is 0 Å². The van der Waals surface area contributed by atoms with Gasteiger partial charge in [0.15, 0.2) is 5.78 Å². The minimum Gasteiger partial charge on any atom is -0.464 e. The molecule has 0 bridgehead atoms. The number of ether oxygens (including phenoxy) is 2. The highest BCUT2D eigenvalue weighted by atomic mass is 32.2. The number of carbonyl (C=O) groups is 2. The fraction of sp³-hybridized carbons (Fsp3) is 0.478. The number of hydrogen-bond donors (Lipinski definition) is 0. The third-order valence-electron chi connectivity index (χ3n) is 5.59. The molecule has 1 aromatic carbocycles. The standard InChI is InChI=1S/C23H32N2O6S/c1-7-31-15-11-14-25(32(28,29)19-12-9-8-10-13-19)18(4)22(26)20-16(2)21(23(27)30-6)24(5)17(20)3/h8-10,12-13,18H,7,11,14-15H2,1-6H3/t18-/m1/s1. The lowest BCUT2D eigenvalue weighted by molar-refractivity contribution is 0.0588.